The van der Waals surface area contributed by atoms with E-state index in [9.17, 15) is 4.79 Å². The number of rotatable bonds is 18. The van der Waals surface area contributed by atoms with Crippen molar-refractivity contribution in [2.45, 2.75) is 90.9 Å². The zero-order valence-corrected chi connectivity index (χ0v) is 23.7. The Balaban J connectivity index is 1.28. The monoisotopic (exact) mass is 528 g/mol. The Morgan fingerprint density at radius 2 is 1.05 bits per heavy atom. The van der Waals surface area contributed by atoms with Gasteiger partial charge in [0.2, 0.25) is 0 Å². The Bertz CT molecular complexity index is 1110. The molecular weight excluding hydrogens is 484 g/mol. The third-order valence-electron chi connectivity index (χ3n) is 6.72. The number of hydrogen-bond donors (Lipinski definition) is 0. The fourth-order valence-corrected chi connectivity index (χ4v) is 4.29. The van der Waals surface area contributed by atoms with Crippen molar-refractivity contribution >= 4 is 17.3 Å². The van der Waals surface area contributed by atoms with Crippen molar-refractivity contribution in [3.05, 3.63) is 83.9 Å². The molecule has 0 aliphatic heterocycles. The van der Waals surface area contributed by atoms with Gasteiger partial charge in [0, 0.05) is 0 Å². The van der Waals surface area contributed by atoms with Crippen LogP contribution in [0.2, 0.25) is 0 Å². The molecule has 3 aromatic rings. The average molecular weight is 529 g/mol. The Labute approximate surface area is 234 Å². The summed E-state index contributed by atoms with van der Waals surface area (Å²) in [6.07, 6.45) is 15.9. The molecule has 0 amide bonds. The summed E-state index contributed by atoms with van der Waals surface area (Å²) >= 11 is 0. The summed E-state index contributed by atoms with van der Waals surface area (Å²) in [6, 6.07) is 21.9. The highest BCUT2D eigenvalue weighted by Crippen LogP contribution is 2.23. The number of carbonyl (C=O) groups is 1. The molecule has 0 bridgehead atoms. The fraction of sp³-hybridized carbons (Fsp3) is 0.441. The molecule has 3 rings (SSSR count). The quantitative estimate of drug-likeness (QED) is 0.0714. The second kappa shape index (κ2) is 17.9. The molecule has 0 heterocycles. The van der Waals surface area contributed by atoms with Gasteiger partial charge in [-0.05, 0) is 74.0 Å². The van der Waals surface area contributed by atoms with E-state index in [1.54, 1.807) is 36.4 Å². The SMILES string of the molecule is CCCCCCCCCCCCCCOc1ccc(C(=O)Oc2ccc(N=Nc3ccc(C)cc3)cc2)cc1. The molecule has 0 N–H and O–H groups in total. The zero-order valence-electron chi connectivity index (χ0n) is 23.7. The van der Waals surface area contributed by atoms with Gasteiger partial charge in [0.25, 0.3) is 0 Å². The van der Waals surface area contributed by atoms with E-state index in [1.807, 2.05) is 43.3 Å². The third-order valence-corrected chi connectivity index (χ3v) is 6.72. The maximum atomic E-state index is 12.5. The van der Waals surface area contributed by atoms with Gasteiger partial charge in [0.05, 0.1) is 23.5 Å². The lowest BCUT2D eigenvalue weighted by atomic mass is 10.1. The lowest BCUT2D eigenvalue weighted by Gasteiger charge is -2.08. The average Bonchev–Trinajstić information content (AvgIpc) is 2.96. The Morgan fingerprint density at radius 3 is 1.59 bits per heavy atom. The minimum absolute atomic E-state index is 0.406. The van der Waals surface area contributed by atoms with E-state index < -0.39 is 5.97 Å². The van der Waals surface area contributed by atoms with Gasteiger partial charge in [-0.1, -0.05) is 95.2 Å². The predicted octanol–water partition coefficient (Wildman–Crippen LogP) is 10.7. The first-order valence-corrected chi connectivity index (χ1v) is 14.7. The standard InChI is InChI=1S/C34H44N2O3/c1-3-4-5-6-7-8-9-10-11-12-13-14-27-38-32-23-17-29(18-24-32)34(37)39-33-25-21-31(22-26-33)36-35-30-19-15-28(2)16-20-30/h15-26H,3-14,27H2,1-2H3. The van der Waals surface area contributed by atoms with Crippen molar-refractivity contribution in [2.24, 2.45) is 10.2 Å². The van der Waals surface area contributed by atoms with Crippen LogP contribution >= 0.6 is 0 Å². The van der Waals surface area contributed by atoms with Crippen LogP contribution < -0.4 is 9.47 Å². The summed E-state index contributed by atoms with van der Waals surface area (Å²) in [5, 5.41) is 8.46. The van der Waals surface area contributed by atoms with Crippen molar-refractivity contribution in [3.63, 3.8) is 0 Å². The summed E-state index contributed by atoms with van der Waals surface area (Å²) in [6.45, 7) is 5.00. The van der Waals surface area contributed by atoms with Crippen molar-refractivity contribution < 1.29 is 14.3 Å². The molecule has 0 unspecified atom stereocenters. The number of carbonyl (C=O) groups excluding carboxylic acids is 1. The van der Waals surface area contributed by atoms with Crippen molar-refractivity contribution in [1.82, 2.24) is 0 Å². The Kier molecular flexibility index (Phi) is 13.8. The molecule has 208 valence electrons. The molecule has 3 aromatic carbocycles. The maximum Gasteiger partial charge on any atom is 0.343 e. The van der Waals surface area contributed by atoms with E-state index in [4.69, 9.17) is 9.47 Å². The van der Waals surface area contributed by atoms with Gasteiger partial charge in [-0.2, -0.15) is 10.2 Å². The van der Waals surface area contributed by atoms with Crippen LogP contribution in [0.25, 0.3) is 0 Å². The first-order chi connectivity index (χ1) is 19.1. The van der Waals surface area contributed by atoms with Gasteiger partial charge in [0.15, 0.2) is 0 Å². The van der Waals surface area contributed by atoms with Crippen molar-refractivity contribution in [3.8, 4) is 11.5 Å². The van der Waals surface area contributed by atoms with Crippen LogP contribution in [0.4, 0.5) is 11.4 Å². The van der Waals surface area contributed by atoms with Crippen molar-refractivity contribution in [1.29, 1.82) is 0 Å². The molecule has 39 heavy (non-hydrogen) atoms. The van der Waals surface area contributed by atoms with Crippen LogP contribution in [0, 0.1) is 6.92 Å². The van der Waals surface area contributed by atoms with Crippen LogP contribution in [0.1, 0.15) is 99.9 Å². The van der Waals surface area contributed by atoms with E-state index in [0.29, 0.717) is 23.6 Å². The molecule has 0 atom stereocenters. The maximum absolute atomic E-state index is 12.5. The van der Waals surface area contributed by atoms with E-state index in [1.165, 1.54) is 76.2 Å². The first-order valence-electron chi connectivity index (χ1n) is 14.7. The molecule has 0 saturated heterocycles. The van der Waals surface area contributed by atoms with Crippen LogP contribution in [0.15, 0.2) is 83.0 Å². The van der Waals surface area contributed by atoms with Crippen LogP contribution in [0.5, 0.6) is 11.5 Å². The minimum Gasteiger partial charge on any atom is -0.494 e. The van der Waals surface area contributed by atoms with Gasteiger partial charge in [-0.3, -0.25) is 0 Å². The van der Waals surface area contributed by atoms with Gasteiger partial charge < -0.3 is 9.47 Å². The third kappa shape index (κ3) is 12.3. The summed E-state index contributed by atoms with van der Waals surface area (Å²) in [5.41, 5.74) is 3.13. The zero-order chi connectivity index (χ0) is 27.5. The van der Waals surface area contributed by atoms with Crippen LogP contribution in [0.3, 0.4) is 0 Å². The van der Waals surface area contributed by atoms with E-state index >= 15 is 0 Å². The number of ether oxygens (including phenoxy) is 2. The predicted molar refractivity (Wildman–Crippen MR) is 160 cm³/mol. The number of benzene rings is 3. The second-order valence-corrected chi connectivity index (χ2v) is 10.2. The molecule has 0 aromatic heterocycles. The van der Waals surface area contributed by atoms with Crippen LogP contribution in [-0.2, 0) is 0 Å². The fourth-order valence-electron chi connectivity index (χ4n) is 4.29. The summed E-state index contributed by atoms with van der Waals surface area (Å²) < 4.78 is 11.4. The van der Waals surface area contributed by atoms with Crippen LogP contribution in [-0.4, -0.2) is 12.6 Å². The van der Waals surface area contributed by atoms with E-state index in [2.05, 4.69) is 17.2 Å². The number of hydrogen-bond acceptors (Lipinski definition) is 5. The van der Waals surface area contributed by atoms with Gasteiger partial charge in [-0.25, -0.2) is 4.79 Å². The summed E-state index contributed by atoms with van der Waals surface area (Å²) in [7, 11) is 0. The summed E-state index contributed by atoms with van der Waals surface area (Å²) in [5.74, 6) is 0.830. The molecule has 0 fully saturated rings. The molecule has 5 nitrogen and oxygen atoms in total. The molecule has 0 radical (unpaired) electrons. The second-order valence-electron chi connectivity index (χ2n) is 10.2. The minimum atomic E-state index is -0.406. The lowest BCUT2D eigenvalue weighted by molar-refractivity contribution is 0.0734. The lowest BCUT2D eigenvalue weighted by Crippen LogP contribution is -2.08. The Morgan fingerprint density at radius 1 is 0.590 bits per heavy atom. The first kappa shape index (κ1) is 30.1. The summed E-state index contributed by atoms with van der Waals surface area (Å²) in [4.78, 5) is 12.5. The number of aryl methyl sites for hydroxylation is 1. The van der Waals surface area contributed by atoms with Gasteiger partial charge in [0.1, 0.15) is 11.5 Å². The van der Waals surface area contributed by atoms with E-state index in [0.717, 1.165) is 17.9 Å². The molecule has 5 heteroatoms. The normalized spacial score (nSPS) is 11.1. The largest absolute Gasteiger partial charge is 0.494 e. The van der Waals surface area contributed by atoms with Gasteiger partial charge >= 0.3 is 5.97 Å². The Hall–Kier alpha value is -3.47. The van der Waals surface area contributed by atoms with Crippen molar-refractivity contribution in [2.75, 3.05) is 6.61 Å². The number of unbranched alkanes of at least 4 members (excludes halogenated alkanes) is 11. The molecular formula is C34H44N2O3. The number of nitrogens with zero attached hydrogens (tertiary/aromatic N) is 2. The molecule has 0 aliphatic carbocycles. The number of esters is 1. The molecule has 0 saturated carbocycles. The van der Waals surface area contributed by atoms with Gasteiger partial charge in [-0.15, -0.1) is 0 Å². The van der Waals surface area contributed by atoms with E-state index in [-0.39, 0.29) is 0 Å². The molecule has 0 spiro atoms. The highest BCUT2D eigenvalue weighted by Gasteiger charge is 2.09. The topological polar surface area (TPSA) is 60.2 Å². The molecule has 0 aliphatic rings. The highest BCUT2D eigenvalue weighted by atomic mass is 16.5. The smallest absolute Gasteiger partial charge is 0.343 e. The number of azo groups is 1. The highest BCUT2D eigenvalue weighted by molar-refractivity contribution is 5.91.